The number of ether oxygens (including phenoxy) is 1. The molecule has 0 rings (SSSR count). The van der Waals surface area contributed by atoms with Crippen LogP contribution in [0.5, 0.6) is 0 Å². The predicted molar refractivity (Wildman–Crippen MR) is 65.0 cm³/mol. The molecule has 5 nitrogen and oxygen atoms in total. The van der Waals surface area contributed by atoms with Gasteiger partial charge in [-0.3, -0.25) is 0 Å². The molecule has 0 aliphatic heterocycles. The van der Waals surface area contributed by atoms with Crippen molar-refractivity contribution < 1.29 is 9.53 Å². The lowest BCUT2D eigenvalue weighted by atomic mass is 10.2. The molecule has 0 unspecified atom stereocenters. The van der Waals surface area contributed by atoms with Crippen molar-refractivity contribution in [1.82, 2.24) is 10.6 Å². The molecule has 0 aromatic heterocycles. The zero-order valence-electron chi connectivity index (χ0n) is 10.6. The zero-order chi connectivity index (χ0) is 12.8. The second kappa shape index (κ2) is 6.37. The summed E-state index contributed by atoms with van der Waals surface area (Å²) in [6.45, 7) is 12.3. The molecule has 0 spiro atoms. The normalized spacial score (nSPS) is 12.8. The second-order valence-electron chi connectivity index (χ2n) is 4.61. The first kappa shape index (κ1) is 14.8. The summed E-state index contributed by atoms with van der Waals surface area (Å²) in [5, 5.41) is 5.69. The Morgan fingerprint density at radius 1 is 1.50 bits per heavy atom. The maximum Gasteiger partial charge on any atom is 0.408 e. The van der Waals surface area contributed by atoms with E-state index in [1.54, 1.807) is 0 Å². The zero-order valence-corrected chi connectivity index (χ0v) is 10.6. The molecule has 5 heteroatoms. The lowest BCUT2D eigenvalue weighted by Crippen LogP contribution is -2.41. The van der Waals surface area contributed by atoms with Crippen molar-refractivity contribution in [2.45, 2.75) is 39.3 Å². The van der Waals surface area contributed by atoms with E-state index in [0.29, 0.717) is 13.1 Å². The van der Waals surface area contributed by atoms with Gasteiger partial charge in [0.2, 0.25) is 0 Å². The summed E-state index contributed by atoms with van der Waals surface area (Å²) in [7, 11) is 0. The van der Waals surface area contributed by atoms with Crippen molar-refractivity contribution in [2.75, 3.05) is 13.1 Å². The first-order valence-electron chi connectivity index (χ1n) is 5.38. The van der Waals surface area contributed by atoms with Crippen LogP contribution in [-0.2, 0) is 4.74 Å². The van der Waals surface area contributed by atoms with Crippen LogP contribution in [0, 0.1) is 0 Å². The highest BCUT2D eigenvalue weighted by atomic mass is 16.6. The minimum absolute atomic E-state index is 0.193. The van der Waals surface area contributed by atoms with Gasteiger partial charge in [-0.25, -0.2) is 4.79 Å². The Hall–Kier alpha value is -1.23. The third kappa shape index (κ3) is 7.11. The Bertz CT molecular complexity index is 246. The SMILES string of the molecule is C=C(NCCN)[C@H](C)NC(=O)OC(C)(C)C. The standard InChI is InChI=1S/C11H23N3O2/c1-8(13-7-6-12)9(2)14-10(15)16-11(3,4)5/h9,13H,1,6-7,12H2,2-5H3,(H,14,15)/t9-/m0/s1. The highest BCUT2D eigenvalue weighted by Gasteiger charge is 2.18. The molecule has 0 saturated heterocycles. The first-order valence-corrected chi connectivity index (χ1v) is 5.38. The Kier molecular flexibility index (Phi) is 5.88. The lowest BCUT2D eigenvalue weighted by molar-refractivity contribution is 0.0514. The molecule has 1 amide bonds. The number of carbonyl (C=O) groups is 1. The molecule has 0 aliphatic carbocycles. The molecule has 1 atom stereocenters. The number of amides is 1. The quantitative estimate of drug-likeness (QED) is 0.656. The molecule has 94 valence electrons. The number of alkyl carbamates (subject to hydrolysis) is 1. The van der Waals surface area contributed by atoms with Gasteiger partial charge in [-0.05, 0) is 27.7 Å². The van der Waals surface area contributed by atoms with Gasteiger partial charge >= 0.3 is 6.09 Å². The molecular weight excluding hydrogens is 206 g/mol. The molecule has 0 aliphatic rings. The van der Waals surface area contributed by atoms with Crippen LogP contribution in [0.2, 0.25) is 0 Å². The molecule has 0 radical (unpaired) electrons. The Morgan fingerprint density at radius 2 is 2.06 bits per heavy atom. The Balaban J connectivity index is 3.99. The number of hydrogen-bond donors (Lipinski definition) is 3. The number of carbonyl (C=O) groups excluding carboxylic acids is 1. The van der Waals surface area contributed by atoms with Crippen LogP contribution in [0.3, 0.4) is 0 Å². The number of rotatable bonds is 5. The van der Waals surface area contributed by atoms with Crippen molar-refractivity contribution in [3.8, 4) is 0 Å². The Morgan fingerprint density at radius 3 is 2.50 bits per heavy atom. The van der Waals surface area contributed by atoms with Crippen LogP contribution < -0.4 is 16.4 Å². The summed E-state index contributed by atoms with van der Waals surface area (Å²) in [6, 6.07) is -0.193. The second-order valence-corrected chi connectivity index (χ2v) is 4.61. The highest BCUT2D eigenvalue weighted by Crippen LogP contribution is 2.07. The van der Waals surface area contributed by atoms with Gasteiger partial charge in [-0.15, -0.1) is 0 Å². The molecule has 4 N–H and O–H groups in total. The fraction of sp³-hybridized carbons (Fsp3) is 0.727. The van der Waals surface area contributed by atoms with Crippen LogP contribution in [0.15, 0.2) is 12.3 Å². The van der Waals surface area contributed by atoms with Gasteiger partial charge in [0.25, 0.3) is 0 Å². The first-order chi connectivity index (χ1) is 7.26. The summed E-state index contributed by atoms with van der Waals surface area (Å²) < 4.78 is 5.12. The van der Waals surface area contributed by atoms with Crippen molar-refractivity contribution in [3.63, 3.8) is 0 Å². The average molecular weight is 229 g/mol. The van der Waals surface area contributed by atoms with E-state index < -0.39 is 11.7 Å². The van der Waals surface area contributed by atoms with Gasteiger partial charge in [0.15, 0.2) is 0 Å². The number of nitrogens with one attached hydrogen (secondary N) is 2. The molecule has 0 aromatic carbocycles. The van der Waals surface area contributed by atoms with Gasteiger partial charge in [0.05, 0.1) is 6.04 Å². The Labute approximate surface area is 97.4 Å². The van der Waals surface area contributed by atoms with Gasteiger partial charge in [-0.1, -0.05) is 6.58 Å². The van der Waals surface area contributed by atoms with Crippen LogP contribution in [0.1, 0.15) is 27.7 Å². The van der Waals surface area contributed by atoms with E-state index in [1.165, 1.54) is 0 Å². The van der Waals surface area contributed by atoms with Crippen LogP contribution in [0.25, 0.3) is 0 Å². The van der Waals surface area contributed by atoms with Crippen molar-refractivity contribution in [2.24, 2.45) is 5.73 Å². The van der Waals surface area contributed by atoms with Crippen molar-refractivity contribution in [1.29, 1.82) is 0 Å². The fourth-order valence-corrected chi connectivity index (χ4v) is 0.957. The van der Waals surface area contributed by atoms with E-state index in [1.807, 2.05) is 27.7 Å². The topological polar surface area (TPSA) is 76.4 Å². The van der Waals surface area contributed by atoms with E-state index in [9.17, 15) is 4.79 Å². The van der Waals surface area contributed by atoms with E-state index in [4.69, 9.17) is 10.5 Å². The third-order valence-electron chi connectivity index (χ3n) is 1.75. The van der Waals surface area contributed by atoms with Crippen molar-refractivity contribution in [3.05, 3.63) is 12.3 Å². The maximum atomic E-state index is 11.4. The average Bonchev–Trinajstić information content (AvgIpc) is 2.10. The molecule has 0 bridgehead atoms. The number of hydrogen-bond acceptors (Lipinski definition) is 4. The van der Waals surface area contributed by atoms with Crippen LogP contribution in [-0.4, -0.2) is 30.8 Å². The smallest absolute Gasteiger partial charge is 0.408 e. The minimum atomic E-state index is -0.490. The van der Waals surface area contributed by atoms with Gasteiger partial charge in [0.1, 0.15) is 5.60 Å². The molecule has 0 heterocycles. The van der Waals surface area contributed by atoms with E-state index in [2.05, 4.69) is 17.2 Å². The monoisotopic (exact) mass is 229 g/mol. The summed E-state index contributed by atoms with van der Waals surface area (Å²) in [4.78, 5) is 11.4. The van der Waals surface area contributed by atoms with Crippen molar-refractivity contribution >= 4 is 6.09 Å². The van der Waals surface area contributed by atoms with E-state index in [-0.39, 0.29) is 6.04 Å². The largest absolute Gasteiger partial charge is 0.444 e. The minimum Gasteiger partial charge on any atom is -0.444 e. The van der Waals surface area contributed by atoms with Gasteiger partial charge < -0.3 is 21.1 Å². The summed E-state index contributed by atoms with van der Waals surface area (Å²) in [5.74, 6) is 0. The summed E-state index contributed by atoms with van der Waals surface area (Å²) in [5.41, 5.74) is 5.57. The number of nitrogens with two attached hydrogens (primary N) is 1. The lowest BCUT2D eigenvalue weighted by Gasteiger charge is -2.23. The molecular formula is C11H23N3O2. The molecule has 0 fully saturated rings. The van der Waals surface area contributed by atoms with Crippen LogP contribution in [0.4, 0.5) is 4.79 Å². The fourth-order valence-electron chi connectivity index (χ4n) is 0.957. The van der Waals surface area contributed by atoms with Crippen LogP contribution >= 0.6 is 0 Å². The van der Waals surface area contributed by atoms with E-state index in [0.717, 1.165) is 5.70 Å². The molecule has 0 aromatic rings. The maximum absolute atomic E-state index is 11.4. The molecule has 0 saturated carbocycles. The summed E-state index contributed by atoms with van der Waals surface area (Å²) in [6.07, 6.45) is -0.448. The van der Waals surface area contributed by atoms with E-state index >= 15 is 0 Å². The van der Waals surface area contributed by atoms with Gasteiger partial charge in [0, 0.05) is 18.8 Å². The summed E-state index contributed by atoms with van der Waals surface area (Å²) >= 11 is 0. The highest BCUT2D eigenvalue weighted by molar-refractivity contribution is 5.68. The predicted octanol–water partition coefficient (Wildman–Crippen LogP) is 0.962. The van der Waals surface area contributed by atoms with Gasteiger partial charge in [-0.2, -0.15) is 0 Å². The molecule has 16 heavy (non-hydrogen) atoms. The third-order valence-corrected chi connectivity index (χ3v) is 1.75.